The van der Waals surface area contributed by atoms with E-state index in [9.17, 15) is 13.2 Å². The van der Waals surface area contributed by atoms with Gasteiger partial charge in [-0.2, -0.15) is 0 Å². The standard InChI is InChI=1S/C24H24N2O4S2/c1-17-14-18(16-31-19-8-4-3-5-9-19)12-13-20(17)25-24(27)23-15-26(32(2,28)29)21-10-6-7-11-22(21)30-23/h3-14,23H,15-16H2,1-2H3,(H,25,27). The summed E-state index contributed by atoms with van der Waals surface area (Å²) >= 11 is 1.75. The van der Waals surface area contributed by atoms with Gasteiger partial charge >= 0.3 is 0 Å². The molecule has 1 amide bonds. The number of sulfonamides is 1. The molecular formula is C24H24N2O4S2. The zero-order chi connectivity index (χ0) is 22.7. The Morgan fingerprint density at radius 3 is 2.53 bits per heavy atom. The molecule has 1 atom stereocenters. The Bertz CT molecular complexity index is 1230. The fourth-order valence-electron chi connectivity index (χ4n) is 3.51. The van der Waals surface area contributed by atoms with Crippen LogP contribution in [0.3, 0.4) is 0 Å². The van der Waals surface area contributed by atoms with Gasteiger partial charge < -0.3 is 10.1 Å². The number of amides is 1. The Morgan fingerprint density at radius 1 is 1.09 bits per heavy atom. The van der Waals surface area contributed by atoms with Crippen molar-refractivity contribution in [2.45, 2.75) is 23.7 Å². The number of carbonyl (C=O) groups excluding carboxylic acids is 1. The minimum absolute atomic E-state index is 0.0769. The third-order valence-corrected chi connectivity index (χ3v) is 7.35. The van der Waals surface area contributed by atoms with E-state index in [0.717, 1.165) is 23.1 Å². The smallest absolute Gasteiger partial charge is 0.267 e. The van der Waals surface area contributed by atoms with Crippen LogP contribution in [-0.4, -0.2) is 33.2 Å². The van der Waals surface area contributed by atoms with E-state index in [1.54, 1.807) is 36.0 Å². The Balaban J connectivity index is 1.45. The van der Waals surface area contributed by atoms with Crippen molar-refractivity contribution in [1.82, 2.24) is 0 Å². The van der Waals surface area contributed by atoms with E-state index in [1.165, 1.54) is 9.20 Å². The molecule has 1 aliphatic heterocycles. The second-order valence-corrected chi connectivity index (χ2v) is 10.6. The van der Waals surface area contributed by atoms with Crippen molar-refractivity contribution in [3.8, 4) is 5.75 Å². The van der Waals surface area contributed by atoms with Crippen LogP contribution in [0.2, 0.25) is 0 Å². The first-order valence-corrected chi connectivity index (χ1v) is 13.0. The molecule has 3 aromatic rings. The van der Waals surface area contributed by atoms with Gasteiger partial charge in [0.2, 0.25) is 10.0 Å². The first-order chi connectivity index (χ1) is 15.3. The van der Waals surface area contributed by atoms with Crippen molar-refractivity contribution in [3.63, 3.8) is 0 Å². The molecule has 0 aliphatic carbocycles. The highest BCUT2D eigenvalue weighted by Gasteiger charge is 2.35. The molecule has 0 bridgehead atoms. The van der Waals surface area contributed by atoms with E-state index in [0.29, 0.717) is 17.1 Å². The molecule has 0 radical (unpaired) electrons. The number of anilines is 2. The molecule has 6 nitrogen and oxygen atoms in total. The van der Waals surface area contributed by atoms with Crippen LogP contribution in [0.15, 0.2) is 77.7 Å². The minimum atomic E-state index is -3.55. The van der Waals surface area contributed by atoms with Crippen LogP contribution in [0.1, 0.15) is 11.1 Å². The maximum atomic E-state index is 12.9. The van der Waals surface area contributed by atoms with Gasteiger partial charge in [0.05, 0.1) is 18.5 Å². The predicted molar refractivity (Wildman–Crippen MR) is 129 cm³/mol. The van der Waals surface area contributed by atoms with Gasteiger partial charge in [-0.1, -0.05) is 42.5 Å². The Morgan fingerprint density at radius 2 is 1.81 bits per heavy atom. The third kappa shape index (κ3) is 5.08. The maximum Gasteiger partial charge on any atom is 0.267 e. The SMILES string of the molecule is Cc1cc(CSc2ccccc2)ccc1NC(=O)C1CN(S(C)(=O)=O)c2ccccc2O1. The largest absolute Gasteiger partial charge is 0.476 e. The molecule has 0 saturated carbocycles. The van der Waals surface area contributed by atoms with E-state index in [-0.39, 0.29) is 12.5 Å². The molecule has 1 N–H and O–H groups in total. The van der Waals surface area contributed by atoms with Crippen LogP contribution in [0.25, 0.3) is 0 Å². The summed E-state index contributed by atoms with van der Waals surface area (Å²) < 4.78 is 31.6. The first-order valence-electron chi connectivity index (χ1n) is 10.1. The molecule has 3 aromatic carbocycles. The molecule has 0 spiro atoms. The number of thioether (sulfide) groups is 1. The van der Waals surface area contributed by atoms with E-state index in [2.05, 4.69) is 17.4 Å². The molecule has 4 rings (SSSR count). The summed E-state index contributed by atoms with van der Waals surface area (Å²) in [5, 5.41) is 2.89. The average Bonchev–Trinajstić information content (AvgIpc) is 2.78. The summed E-state index contributed by atoms with van der Waals surface area (Å²) in [6, 6.07) is 22.9. The first kappa shape index (κ1) is 22.2. The third-order valence-electron chi connectivity index (χ3n) is 5.12. The van der Waals surface area contributed by atoms with Crippen molar-refractivity contribution < 1.29 is 17.9 Å². The second kappa shape index (κ2) is 9.26. The van der Waals surface area contributed by atoms with Crippen LogP contribution in [0.5, 0.6) is 5.75 Å². The van der Waals surface area contributed by atoms with Gasteiger partial charge in [-0.3, -0.25) is 9.10 Å². The molecule has 1 heterocycles. The summed E-state index contributed by atoms with van der Waals surface area (Å²) in [7, 11) is -3.55. The molecule has 0 aromatic heterocycles. The summed E-state index contributed by atoms with van der Waals surface area (Å²) in [5.74, 6) is 0.808. The van der Waals surface area contributed by atoms with E-state index < -0.39 is 16.1 Å². The fraction of sp³-hybridized carbons (Fsp3) is 0.208. The molecule has 1 aliphatic rings. The minimum Gasteiger partial charge on any atom is -0.476 e. The second-order valence-electron chi connectivity index (χ2n) is 7.61. The van der Waals surface area contributed by atoms with Crippen LogP contribution in [0.4, 0.5) is 11.4 Å². The number of ether oxygens (including phenoxy) is 1. The van der Waals surface area contributed by atoms with Crippen molar-refractivity contribution in [1.29, 1.82) is 0 Å². The molecule has 8 heteroatoms. The summed E-state index contributed by atoms with van der Waals surface area (Å²) in [4.78, 5) is 14.1. The number of carbonyl (C=O) groups is 1. The van der Waals surface area contributed by atoms with E-state index >= 15 is 0 Å². The van der Waals surface area contributed by atoms with Gasteiger partial charge in [0, 0.05) is 16.3 Å². The van der Waals surface area contributed by atoms with Crippen LogP contribution >= 0.6 is 11.8 Å². The topological polar surface area (TPSA) is 75.7 Å². The molecule has 0 saturated heterocycles. The lowest BCUT2D eigenvalue weighted by molar-refractivity contribution is -0.122. The number of nitrogens with zero attached hydrogens (tertiary/aromatic N) is 1. The molecule has 0 fully saturated rings. The summed E-state index contributed by atoms with van der Waals surface area (Å²) in [5.41, 5.74) is 3.20. The lowest BCUT2D eigenvalue weighted by Gasteiger charge is -2.33. The number of benzene rings is 3. The van der Waals surface area contributed by atoms with Crippen molar-refractivity contribution in [3.05, 3.63) is 83.9 Å². The Kier molecular flexibility index (Phi) is 6.43. The van der Waals surface area contributed by atoms with Crippen LogP contribution < -0.4 is 14.4 Å². The number of hydrogen-bond donors (Lipinski definition) is 1. The van der Waals surface area contributed by atoms with Gasteiger partial charge in [0.25, 0.3) is 5.91 Å². The quantitative estimate of drug-likeness (QED) is 0.541. The Labute approximate surface area is 192 Å². The number of aryl methyl sites for hydroxylation is 1. The molecule has 32 heavy (non-hydrogen) atoms. The van der Waals surface area contributed by atoms with Crippen molar-refractivity contribution in [2.75, 3.05) is 22.4 Å². The summed E-state index contributed by atoms with van der Waals surface area (Å²) in [6.45, 7) is 1.86. The van der Waals surface area contributed by atoms with E-state index in [4.69, 9.17) is 4.74 Å². The fourth-order valence-corrected chi connectivity index (χ4v) is 5.28. The maximum absolute atomic E-state index is 12.9. The highest BCUT2D eigenvalue weighted by atomic mass is 32.2. The van der Waals surface area contributed by atoms with Gasteiger partial charge in [-0.15, -0.1) is 11.8 Å². The van der Waals surface area contributed by atoms with Crippen LogP contribution in [-0.2, 0) is 20.6 Å². The number of rotatable bonds is 6. The lowest BCUT2D eigenvalue weighted by atomic mass is 10.1. The van der Waals surface area contributed by atoms with E-state index in [1.807, 2.05) is 43.3 Å². The predicted octanol–water partition coefficient (Wildman–Crippen LogP) is 4.45. The van der Waals surface area contributed by atoms with Crippen molar-refractivity contribution in [2.24, 2.45) is 0 Å². The number of para-hydroxylation sites is 2. The number of fused-ring (bicyclic) bond motifs is 1. The molecule has 166 valence electrons. The molecule has 1 unspecified atom stereocenters. The van der Waals surface area contributed by atoms with Gasteiger partial charge in [-0.25, -0.2) is 8.42 Å². The highest BCUT2D eigenvalue weighted by Crippen LogP contribution is 2.35. The lowest BCUT2D eigenvalue weighted by Crippen LogP contribution is -2.48. The van der Waals surface area contributed by atoms with Crippen molar-refractivity contribution >= 4 is 39.1 Å². The van der Waals surface area contributed by atoms with Crippen LogP contribution in [0, 0.1) is 6.92 Å². The average molecular weight is 469 g/mol. The van der Waals surface area contributed by atoms with Gasteiger partial charge in [0.1, 0.15) is 5.75 Å². The zero-order valence-corrected chi connectivity index (χ0v) is 19.4. The Hall–Kier alpha value is -2.97. The summed E-state index contributed by atoms with van der Waals surface area (Å²) in [6.07, 6.45) is 0.174. The van der Waals surface area contributed by atoms with Gasteiger partial charge in [0.15, 0.2) is 6.10 Å². The molecular weight excluding hydrogens is 444 g/mol. The zero-order valence-electron chi connectivity index (χ0n) is 17.8. The van der Waals surface area contributed by atoms with Gasteiger partial charge in [-0.05, 0) is 48.4 Å². The number of hydrogen-bond acceptors (Lipinski definition) is 5. The normalized spacial score (nSPS) is 15.6. The monoisotopic (exact) mass is 468 g/mol. The number of nitrogens with one attached hydrogen (secondary N) is 1. The highest BCUT2D eigenvalue weighted by molar-refractivity contribution is 7.98.